The van der Waals surface area contributed by atoms with Crippen molar-refractivity contribution in [2.75, 3.05) is 0 Å². The molecule has 4 heteroatoms. The van der Waals surface area contributed by atoms with Gasteiger partial charge in [0.05, 0.1) is 11.3 Å². The van der Waals surface area contributed by atoms with Crippen LogP contribution in [0.3, 0.4) is 0 Å². The lowest BCUT2D eigenvalue weighted by atomic mass is 10.0. The number of hydrogen-bond acceptors (Lipinski definition) is 3. The molecule has 0 unspecified atom stereocenters. The summed E-state index contributed by atoms with van der Waals surface area (Å²) in [6, 6.07) is 17.1. The van der Waals surface area contributed by atoms with E-state index in [0.29, 0.717) is 11.3 Å². The second-order valence-electron chi connectivity index (χ2n) is 4.81. The zero-order chi connectivity index (χ0) is 15.5. The Labute approximate surface area is 127 Å². The van der Waals surface area contributed by atoms with E-state index in [2.05, 4.69) is 4.99 Å². The van der Waals surface area contributed by atoms with E-state index in [9.17, 15) is 9.90 Å². The molecule has 108 valence electrons. The van der Waals surface area contributed by atoms with E-state index < -0.39 is 5.97 Å². The minimum absolute atomic E-state index is 0.0930. The van der Waals surface area contributed by atoms with Crippen molar-refractivity contribution in [1.82, 2.24) is 0 Å². The molecule has 0 aromatic heterocycles. The van der Waals surface area contributed by atoms with E-state index in [4.69, 9.17) is 5.11 Å². The van der Waals surface area contributed by atoms with E-state index in [1.807, 2.05) is 24.3 Å². The monoisotopic (exact) mass is 290 g/mol. The van der Waals surface area contributed by atoms with Crippen molar-refractivity contribution in [3.05, 3.63) is 71.8 Å². The average molecular weight is 290 g/mol. The number of rotatable bonds is 3. The van der Waals surface area contributed by atoms with Crippen molar-refractivity contribution in [2.24, 2.45) is 4.99 Å². The van der Waals surface area contributed by atoms with Gasteiger partial charge >= 0.3 is 5.97 Å². The summed E-state index contributed by atoms with van der Waals surface area (Å²) in [5.74, 6) is -1.07. The summed E-state index contributed by atoms with van der Waals surface area (Å²) in [5.41, 5.74) is 1.33. The van der Waals surface area contributed by atoms with Gasteiger partial charge in [0.15, 0.2) is 0 Å². The molecule has 0 saturated heterocycles. The summed E-state index contributed by atoms with van der Waals surface area (Å²) < 4.78 is 0. The second-order valence-corrected chi connectivity index (χ2v) is 4.81. The van der Waals surface area contributed by atoms with Gasteiger partial charge in [-0.3, -0.25) is 4.99 Å². The third-order valence-corrected chi connectivity index (χ3v) is 3.39. The van der Waals surface area contributed by atoms with Crippen molar-refractivity contribution in [3.63, 3.8) is 0 Å². The van der Waals surface area contributed by atoms with Crippen LogP contribution in [0.5, 0.6) is 5.75 Å². The fourth-order valence-electron chi connectivity index (χ4n) is 2.24. The van der Waals surface area contributed by atoms with Crippen LogP contribution in [0.4, 0.5) is 5.69 Å². The number of carboxylic acids is 1. The molecule has 0 bridgehead atoms. The quantitative estimate of drug-likeness (QED) is 0.752. The van der Waals surface area contributed by atoms with E-state index in [0.717, 1.165) is 10.8 Å². The number of aromatic carboxylic acids is 1. The lowest BCUT2D eigenvalue weighted by molar-refractivity contribution is -0.268. The normalized spacial score (nSPS) is 11.1. The van der Waals surface area contributed by atoms with E-state index in [1.165, 1.54) is 24.4 Å². The highest BCUT2D eigenvalue weighted by Crippen LogP contribution is 2.24. The SMILES string of the molecule is O=C(O)c1ccc(N=Cc2c([O-])ccc3ccccc23)cc1. The standard InChI is InChI=1S/C18H13NO3/c20-17-10-7-12-3-1-2-4-15(12)16(17)11-19-14-8-5-13(6-9-14)18(21)22/h1-11,20H,(H,21,22)/p-1. The Kier molecular flexibility index (Phi) is 3.58. The highest BCUT2D eigenvalue weighted by atomic mass is 16.4. The first kappa shape index (κ1) is 13.8. The number of aliphatic imine (C=N–C) groups is 1. The Morgan fingerprint density at radius 1 is 1.00 bits per heavy atom. The minimum atomic E-state index is -0.980. The summed E-state index contributed by atoms with van der Waals surface area (Å²) >= 11 is 0. The van der Waals surface area contributed by atoms with E-state index in [1.54, 1.807) is 18.2 Å². The Morgan fingerprint density at radius 2 is 1.73 bits per heavy atom. The van der Waals surface area contributed by atoms with Crippen LogP contribution in [0, 0.1) is 0 Å². The molecule has 0 fully saturated rings. The number of nitrogens with zero attached hydrogens (tertiary/aromatic N) is 1. The van der Waals surface area contributed by atoms with Gasteiger partial charge in [0.1, 0.15) is 0 Å². The molecule has 0 radical (unpaired) electrons. The third-order valence-electron chi connectivity index (χ3n) is 3.39. The predicted molar refractivity (Wildman–Crippen MR) is 84.0 cm³/mol. The Morgan fingerprint density at radius 3 is 2.45 bits per heavy atom. The number of carbonyl (C=O) groups is 1. The molecule has 3 rings (SSSR count). The Hall–Kier alpha value is -3.14. The summed E-state index contributed by atoms with van der Waals surface area (Å²) in [6.07, 6.45) is 1.53. The Balaban J connectivity index is 1.98. The van der Waals surface area contributed by atoms with Crippen LogP contribution >= 0.6 is 0 Å². The zero-order valence-electron chi connectivity index (χ0n) is 11.6. The van der Waals surface area contributed by atoms with Gasteiger partial charge in [0.2, 0.25) is 0 Å². The van der Waals surface area contributed by atoms with Crippen molar-refractivity contribution >= 4 is 28.6 Å². The van der Waals surface area contributed by atoms with Crippen LogP contribution in [-0.2, 0) is 0 Å². The summed E-state index contributed by atoms with van der Waals surface area (Å²) in [4.78, 5) is 15.1. The van der Waals surface area contributed by atoms with E-state index >= 15 is 0 Å². The van der Waals surface area contributed by atoms with Crippen LogP contribution in [0.1, 0.15) is 15.9 Å². The highest BCUT2D eigenvalue weighted by molar-refractivity contribution is 6.02. The number of benzene rings is 3. The molecule has 1 N–H and O–H groups in total. The number of fused-ring (bicyclic) bond motifs is 1. The van der Waals surface area contributed by atoms with Crippen molar-refractivity contribution in [3.8, 4) is 5.75 Å². The molecule has 0 amide bonds. The molecule has 0 aliphatic rings. The van der Waals surface area contributed by atoms with Crippen LogP contribution in [0.2, 0.25) is 0 Å². The maximum absolute atomic E-state index is 12.0. The van der Waals surface area contributed by atoms with Gasteiger partial charge in [-0.2, -0.15) is 0 Å². The van der Waals surface area contributed by atoms with Crippen LogP contribution in [-0.4, -0.2) is 17.3 Å². The van der Waals surface area contributed by atoms with Gasteiger partial charge in [0, 0.05) is 6.21 Å². The van der Waals surface area contributed by atoms with Gasteiger partial charge < -0.3 is 10.2 Å². The molecule has 22 heavy (non-hydrogen) atoms. The molecular weight excluding hydrogens is 278 g/mol. The second kappa shape index (κ2) is 5.69. The van der Waals surface area contributed by atoms with Gasteiger partial charge in [-0.1, -0.05) is 42.1 Å². The molecule has 0 heterocycles. The largest absolute Gasteiger partial charge is 0.872 e. The lowest BCUT2D eigenvalue weighted by Crippen LogP contribution is -1.97. The molecule has 0 aliphatic heterocycles. The predicted octanol–water partition coefficient (Wildman–Crippen LogP) is 3.36. The molecule has 0 spiro atoms. The van der Waals surface area contributed by atoms with Gasteiger partial charge in [-0.25, -0.2) is 4.79 Å². The maximum Gasteiger partial charge on any atom is 0.335 e. The number of hydrogen-bond donors (Lipinski definition) is 1. The molecule has 0 atom stereocenters. The van der Waals surface area contributed by atoms with Gasteiger partial charge in [-0.15, -0.1) is 0 Å². The summed E-state index contributed by atoms with van der Waals surface area (Å²) in [5, 5.41) is 22.7. The first-order chi connectivity index (χ1) is 10.6. The van der Waals surface area contributed by atoms with Crippen LogP contribution < -0.4 is 5.11 Å². The third kappa shape index (κ3) is 2.67. The first-order valence-electron chi connectivity index (χ1n) is 6.71. The van der Waals surface area contributed by atoms with Gasteiger partial charge in [0.25, 0.3) is 0 Å². The van der Waals surface area contributed by atoms with Crippen molar-refractivity contribution in [2.45, 2.75) is 0 Å². The van der Waals surface area contributed by atoms with Crippen LogP contribution in [0.25, 0.3) is 10.8 Å². The lowest BCUT2D eigenvalue weighted by Gasteiger charge is -2.12. The fourth-order valence-corrected chi connectivity index (χ4v) is 2.24. The van der Waals surface area contributed by atoms with E-state index in [-0.39, 0.29) is 11.3 Å². The molecule has 3 aromatic carbocycles. The average Bonchev–Trinajstić information content (AvgIpc) is 2.54. The minimum Gasteiger partial charge on any atom is -0.872 e. The smallest absolute Gasteiger partial charge is 0.335 e. The Bertz CT molecular complexity index is 867. The highest BCUT2D eigenvalue weighted by Gasteiger charge is 2.02. The van der Waals surface area contributed by atoms with Crippen molar-refractivity contribution < 1.29 is 15.0 Å². The first-order valence-corrected chi connectivity index (χ1v) is 6.71. The van der Waals surface area contributed by atoms with Crippen molar-refractivity contribution in [1.29, 1.82) is 0 Å². The molecule has 3 aromatic rings. The molecular formula is C18H12NO3-. The van der Waals surface area contributed by atoms with Gasteiger partial charge in [-0.05, 0) is 40.6 Å². The summed E-state index contributed by atoms with van der Waals surface area (Å²) in [6.45, 7) is 0. The van der Waals surface area contributed by atoms with Crippen LogP contribution in [0.15, 0.2) is 65.7 Å². The molecule has 0 saturated carbocycles. The maximum atomic E-state index is 12.0. The molecule has 0 aliphatic carbocycles. The number of carboxylic acid groups (broad SMARTS) is 1. The topological polar surface area (TPSA) is 72.7 Å². The molecule has 4 nitrogen and oxygen atoms in total. The zero-order valence-corrected chi connectivity index (χ0v) is 11.6. The summed E-state index contributed by atoms with van der Waals surface area (Å²) in [7, 11) is 0. The fraction of sp³-hybridized carbons (Fsp3) is 0.